The van der Waals surface area contributed by atoms with Crippen LogP contribution in [0, 0.1) is 19.8 Å². The number of hydrogen-bond donors (Lipinski definition) is 1. The fourth-order valence-corrected chi connectivity index (χ4v) is 2.55. The number of carboxylic acids is 1. The van der Waals surface area contributed by atoms with Crippen molar-refractivity contribution in [1.29, 1.82) is 0 Å². The Labute approximate surface area is 125 Å². The van der Waals surface area contributed by atoms with Crippen LogP contribution in [0.15, 0.2) is 36.5 Å². The molecule has 0 aliphatic heterocycles. The average molecular weight is 283 g/mol. The van der Waals surface area contributed by atoms with E-state index in [1.54, 1.807) is 0 Å². The third kappa shape index (κ3) is 3.91. The van der Waals surface area contributed by atoms with Crippen molar-refractivity contribution in [3.8, 4) is 11.1 Å². The van der Waals surface area contributed by atoms with Gasteiger partial charge in [-0.05, 0) is 54.5 Å². The van der Waals surface area contributed by atoms with Crippen molar-refractivity contribution in [2.45, 2.75) is 33.6 Å². The van der Waals surface area contributed by atoms with Gasteiger partial charge < -0.3 is 5.11 Å². The molecular weight excluding hydrogens is 262 g/mol. The molecule has 0 fully saturated rings. The molecule has 0 unspecified atom stereocenters. The van der Waals surface area contributed by atoms with Crippen LogP contribution in [0.1, 0.15) is 30.2 Å². The van der Waals surface area contributed by atoms with Gasteiger partial charge in [-0.1, -0.05) is 31.2 Å². The molecule has 0 aliphatic rings. The standard InChI is InChI=1S/C18H21NO2/c1-12(11-18(20)21)10-15-4-6-16(7-5-15)17-8-9-19-14(3)13(17)2/h4-9,12H,10-11H2,1-3H3,(H,20,21)/t12-/m0/s1. The smallest absolute Gasteiger partial charge is 0.303 e. The van der Waals surface area contributed by atoms with E-state index < -0.39 is 5.97 Å². The summed E-state index contributed by atoms with van der Waals surface area (Å²) in [4.78, 5) is 15.0. The van der Waals surface area contributed by atoms with E-state index in [9.17, 15) is 4.79 Å². The second-order valence-corrected chi connectivity index (χ2v) is 5.67. The summed E-state index contributed by atoms with van der Waals surface area (Å²) in [6, 6.07) is 10.4. The zero-order chi connectivity index (χ0) is 15.4. The summed E-state index contributed by atoms with van der Waals surface area (Å²) in [7, 11) is 0. The summed E-state index contributed by atoms with van der Waals surface area (Å²) in [6.45, 7) is 6.07. The third-order valence-corrected chi connectivity index (χ3v) is 3.83. The number of carbonyl (C=O) groups is 1. The largest absolute Gasteiger partial charge is 0.481 e. The molecule has 3 nitrogen and oxygen atoms in total. The average Bonchev–Trinajstić information content (AvgIpc) is 2.42. The molecule has 0 aliphatic carbocycles. The minimum Gasteiger partial charge on any atom is -0.481 e. The van der Waals surface area contributed by atoms with Gasteiger partial charge in [-0.15, -0.1) is 0 Å². The van der Waals surface area contributed by atoms with Gasteiger partial charge in [-0.25, -0.2) is 0 Å². The van der Waals surface area contributed by atoms with Gasteiger partial charge in [0.25, 0.3) is 0 Å². The summed E-state index contributed by atoms with van der Waals surface area (Å²) in [5.74, 6) is -0.583. The second kappa shape index (κ2) is 6.53. The molecule has 1 aromatic carbocycles. The number of hydrogen-bond acceptors (Lipinski definition) is 2. The summed E-state index contributed by atoms with van der Waals surface area (Å²) in [5.41, 5.74) is 5.80. The van der Waals surface area contributed by atoms with Crippen molar-refractivity contribution in [2.75, 3.05) is 0 Å². The van der Waals surface area contributed by atoms with E-state index >= 15 is 0 Å². The van der Waals surface area contributed by atoms with Crippen LogP contribution >= 0.6 is 0 Å². The van der Waals surface area contributed by atoms with Crippen molar-refractivity contribution in [3.05, 3.63) is 53.3 Å². The van der Waals surface area contributed by atoms with Gasteiger partial charge in [0.05, 0.1) is 0 Å². The molecule has 3 heteroatoms. The fraction of sp³-hybridized carbons (Fsp3) is 0.333. The zero-order valence-electron chi connectivity index (χ0n) is 12.8. The number of benzene rings is 1. The maximum atomic E-state index is 10.7. The van der Waals surface area contributed by atoms with Gasteiger partial charge in [0.2, 0.25) is 0 Å². The lowest BCUT2D eigenvalue weighted by Gasteiger charge is -2.11. The predicted molar refractivity (Wildman–Crippen MR) is 84.3 cm³/mol. The number of pyridine rings is 1. The number of aliphatic carboxylic acids is 1. The molecule has 0 saturated heterocycles. The summed E-state index contributed by atoms with van der Waals surface area (Å²) < 4.78 is 0. The van der Waals surface area contributed by atoms with Crippen molar-refractivity contribution < 1.29 is 9.90 Å². The van der Waals surface area contributed by atoms with Gasteiger partial charge in [0.15, 0.2) is 0 Å². The highest BCUT2D eigenvalue weighted by Gasteiger charge is 2.09. The molecule has 1 N–H and O–H groups in total. The van der Waals surface area contributed by atoms with Crippen LogP contribution in [0.5, 0.6) is 0 Å². The second-order valence-electron chi connectivity index (χ2n) is 5.67. The monoisotopic (exact) mass is 283 g/mol. The quantitative estimate of drug-likeness (QED) is 0.901. The van der Waals surface area contributed by atoms with E-state index in [0.29, 0.717) is 0 Å². The van der Waals surface area contributed by atoms with Gasteiger partial charge in [0, 0.05) is 18.3 Å². The lowest BCUT2D eigenvalue weighted by Crippen LogP contribution is -2.06. The Kier molecular flexibility index (Phi) is 4.73. The van der Waals surface area contributed by atoms with Gasteiger partial charge in [-0.2, -0.15) is 0 Å². The SMILES string of the molecule is Cc1nccc(-c2ccc(C[C@H](C)CC(=O)O)cc2)c1C. The van der Waals surface area contributed by atoms with Crippen molar-refractivity contribution in [3.63, 3.8) is 0 Å². The molecule has 1 atom stereocenters. The number of carboxylic acid groups (broad SMARTS) is 1. The van der Waals surface area contributed by atoms with Crippen molar-refractivity contribution in [2.24, 2.45) is 5.92 Å². The molecule has 0 radical (unpaired) electrons. The van der Waals surface area contributed by atoms with E-state index in [0.717, 1.165) is 12.1 Å². The fourth-order valence-electron chi connectivity index (χ4n) is 2.55. The lowest BCUT2D eigenvalue weighted by atomic mass is 9.95. The first-order valence-electron chi connectivity index (χ1n) is 7.20. The Morgan fingerprint density at radius 3 is 2.48 bits per heavy atom. The normalized spacial score (nSPS) is 12.1. The maximum Gasteiger partial charge on any atom is 0.303 e. The lowest BCUT2D eigenvalue weighted by molar-refractivity contribution is -0.137. The first kappa shape index (κ1) is 15.2. The molecule has 1 heterocycles. The van der Waals surface area contributed by atoms with E-state index in [-0.39, 0.29) is 12.3 Å². The van der Waals surface area contributed by atoms with E-state index in [1.165, 1.54) is 22.3 Å². The Morgan fingerprint density at radius 2 is 1.86 bits per heavy atom. The van der Waals surface area contributed by atoms with E-state index in [2.05, 4.69) is 36.2 Å². The van der Waals surface area contributed by atoms with Crippen molar-refractivity contribution in [1.82, 2.24) is 4.98 Å². The number of aryl methyl sites for hydroxylation is 1. The van der Waals surface area contributed by atoms with Gasteiger partial charge in [-0.3, -0.25) is 9.78 Å². The molecule has 0 spiro atoms. The summed E-state index contributed by atoms with van der Waals surface area (Å²) in [6.07, 6.45) is 2.84. The van der Waals surface area contributed by atoms with Crippen LogP contribution in [-0.4, -0.2) is 16.1 Å². The molecule has 110 valence electrons. The highest BCUT2D eigenvalue weighted by molar-refractivity contribution is 5.68. The minimum atomic E-state index is -0.734. The molecule has 2 aromatic rings. The van der Waals surface area contributed by atoms with E-state index in [4.69, 9.17) is 5.11 Å². The number of aromatic nitrogens is 1. The zero-order valence-corrected chi connectivity index (χ0v) is 12.8. The Hall–Kier alpha value is -2.16. The van der Waals surface area contributed by atoms with Crippen LogP contribution in [0.25, 0.3) is 11.1 Å². The first-order valence-corrected chi connectivity index (χ1v) is 7.20. The minimum absolute atomic E-state index is 0.151. The van der Waals surface area contributed by atoms with Crippen LogP contribution in [0.3, 0.4) is 0 Å². The first-order chi connectivity index (χ1) is 9.97. The molecule has 21 heavy (non-hydrogen) atoms. The molecule has 2 rings (SSSR count). The highest BCUT2D eigenvalue weighted by atomic mass is 16.4. The molecule has 0 bridgehead atoms. The third-order valence-electron chi connectivity index (χ3n) is 3.83. The van der Waals surface area contributed by atoms with Gasteiger partial charge in [0.1, 0.15) is 0 Å². The topological polar surface area (TPSA) is 50.2 Å². The maximum absolute atomic E-state index is 10.7. The number of rotatable bonds is 5. The summed E-state index contributed by atoms with van der Waals surface area (Å²) >= 11 is 0. The number of nitrogens with zero attached hydrogens (tertiary/aromatic N) is 1. The van der Waals surface area contributed by atoms with E-state index in [1.807, 2.05) is 26.1 Å². The van der Waals surface area contributed by atoms with Crippen LogP contribution in [0.4, 0.5) is 0 Å². The Bertz CT molecular complexity index is 632. The molecular formula is C18H21NO2. The van der Waals surface area contributed by atoms with Crippen LogP contribution in [-0.2, 0) is 11.2 Å². The molecule has 1 aromatic heterocycles. The van der Waals surface area contributed by atoms with Crippen LogP contribution in [0.2, 0.25) is 0 Å². The summed E-state index contributed by atoms with van der Waals surface area (Å²) in [5, 5.41) is 8.81. The predicted octanol–water partition coefficient (Wildman–Crippen LogP) is 4.02. The van der Waals surface area contributed by atoms with Crippen LogP contribution < -0.4 is 0 Å². The Balaban J connectivity index is 2.15. The molecule has 0 saturated carbocycles. The van der Waals surface area contributed by atoms with Gasteiger partial charge >= 0.3 is 5.97 Å². The Morgan fingerprint density at radius 1 is 1.19 bits per heavy atom. The van der Waals surface area contributed by atoms with Crippen molar-refractivity contribution >= 4 is 5.97 Å². The highest BCUT2D eigenvalue weighted by Crippen LogP contribution is 2.25. The molecule has 0 amide bonds.